The van der Waals surface area contributed by atoms with Gasteiger partial charge >= 0.3 is 0 Å². The Morgan fingerprint density at radius 3 is 2.80 bits per heavy atom. The Balaban J connectivity index is 2.02. The third kappa shape index (κ3) is 2.44. The van der Waals surface area contributed by atoms with E-state index in [9.17, 15) is 0 Å². The number of rotatable bonds is 4. The minimum atomic E-state index is 0.430. The average molecular weight is 226 g/mol. The number of benzene rings is 1. The van der Waals surface area contributed by atoms with Gasteiger partial charge in [0.1, 0.15) is 5.75 Å². The van der Waals surface area contributed by atoms with Gasteiger partial charge in [-0.1, -0.05) is 24.1 Å². The molecule has 0 radical (unpaired) electrons. The lowest BCUT2D eigenvalue weighted by Crippen LogP contribution is -2.19. The van der Waals surface area contributed by atoms with Gasteiger partial charge in [-0.15, -0.1) is 0 Å². The van der Waals surface area contributed by atoms with E-state index in [2.05, 4.69) is 0 Å². The van der Waals surface area contributed by atoms with E-state index in [0.717, 1.165) is 23.8 Å². The predicted octanol–water partition coefficient (Wildman–Crippen LogP) is 2.98. The van der Waals surface area contributed by atoms with Crippen molar-refractivity contribution in [1.82, 2.24) is 0 Å². The summed E-state index contributed by atoms with van der Waals surface area (Å²) >= 11 is 6.03. The molecule has 0 spiro atoms. The Morgan fingerprint density at radius 1 is 1.40 bits per heavy atom. The van der Waals surface area contributed by atoms with Crippen LogP contribution >= 0.6 is 11.6 Å². The summed E-state index contributed by atoms with van der Waals surface area (Å²) in [6.45, 7) is 1.23. The van der Waals surface area contributed by atoms with Crippen molar-refractivity contribution < 1.29 is 4.74 Å². The first kappa shape index (κ1) is 10.8. The van der Waals surface area contributed by atoms with E-state index >= 15 is 0 Å². The highest BCUT2D eigenvalue weighted by atomic mass is 35.5. The number of nitrogens with two attached hydrogens (primary N) is 1. The fraction of sp³-hybridized carbons (Fsp3) is 0.500. The van der Waals surface area contributed by atoms with Crippen LogP contribution in [0.5, 0.6) is 5.75 Å². The van der Waals surface area contributed by atoms with Crippen molar-refractivity contribution >= 4 is 11.6 Å². The van der Waals surface area contributed by atoms with E-state index in [1.807, 2.05) is 18.2 Å². The molecule has 0 saturated heterocycles. The van der Waals surface area contributed by atoms with Gasteiger partial charge in [-0.2, -0.15) is 0 Å². The molecule has 0 amide bonds. The van der Waals surface area contributed by atoms with Gasteiger partial charge in [0.25, 0.3) is 0 Å². The molecule has 82 valence electrons. The quantitative estimate of drug-likeness (QED) is 0.855. The van der Waals surface area contributed by atoms with Crippen molar-refractivity contribution in [2.24, 2.45) is 11.7 Å². The highest BCUT2D eigenvalue weighted by Crippen LogP contribution is 2.30. The van der Waals surface area contributed by atoms with Crippen LogP contribution in [-0.4, -0.2) is 6.61 Å². The van der Waals surface area contributed by atoms with E-state index in [4.69, 9.17) is 22.1 Å². The molecule has 1 fully saturated rings. The van der Waals surface area contributed by atoms with Crippen molar-refractivity contribution in [2.75, 3.05) is 6.61 Å². The molecule has 0 atom stereocenters. The molecular weight excluding hydrogens is 210 g/mol. The second-order valence-electron chi connectivity index (χ2n) is 4.03. The molecule has 1 aromatic carbocycles. The van der Waals surface area contributed by atoms with Crippen molar-refractivity contribution in [3.05, 3.63) is 28.8 Å². The summed E-state index contributed by atoms with van der Waals surface area (Å²) < 4.78 is 5.75. The van der Waals surface area contributed by atoms with E-state index in [1.54, 1.807) is 0 Å². The lowest BCUT2D eigenvalue weighted by molar-refractivity contribution is 0.179. The summed E-state index contributed by atoms with van der Waals surface area (Å²) in [5.41, 5.74) is 6.56. The Morgan fingerprint density at radius 2 is 2.20 bits per heavy atom. The summed E-state index contributed by atoms with van der Waals surface area (Å²) in [4.78, 5) is 0. The third-order valence-corrected chi connectivity index (χ3v) is 3.33. The molecule has 0 bridgehead atoms. The predicted molar refractivity (Wildman–Crippen MR) is 62.2 cm³/mol. The maximum Gasteiger partial charge on any atom is 0.125 e. The van der Waals surface area contributed by atoms with Crippen LogP contribution in [-0.2, 0) is 6.54 Å². The molecule has 0 unspecified atom stereocenters. The van der Waals surface area contributed by atoms with Crippen LogP contribution in [0.25, 0.3) is 0 Å². The van der Waals surface area contributed by atoms with Crippen LogP contribution in [0.1, 0.15) is 24.8 Å². The van der Waals surface area contributed by atoms with Crippen molar-refractivity contribution in [3.8, 4) is 5.75 Å². The second kappa shape index (κ2) is 4.86. The van der Waals surface area contributed by atoms with Gasteiger partial charge in [0.15, 0.2) is 0 Å². The average Bonchev–Trinajstić information content (AvgIpc) is 2.15. The zero-order chi connectivity index (χ0) is 10.7. The zero-order valence-electron chi connectivity index (χ0n) is 8.71. The van der Waals surface area contributed by atoms with Crippen LogP contribution in [0.15, 0.2) is 18.2 Å². The van der Waals surface area contributed by atoms with Crippen LogP contribution in [0.3, 0.4) is 0 Å². The Kier molecular flexibility index (Phi) is 3.49. The minimum absolute atomic E-state index is 0.430. The molecule has 1 saturated carbocycles. The van der Waals surface area contributed by atoms with Crippen LogP contribution in [0.2, 0.25) is 5.02 Å². The SMILES string of the molecule is NCc1c(Cl)cccc1OCC1CCC1. The smallest absolute Gasteiger partial charge is 0.125 e. The van der Waals surface area contributed by atoms with Gasteiger partial charge in [0.2, 0.25) is 0 Å². The molecule has 1 aliphatic rings. The van der Waals surface area contributed by atoms with E-state index in [-0.39, 0.29) is 0 Å². The molecular formula is C12H16ClNO. The van der Waals surface area contributed by atoms with E-state index < -0.39 is 0 Å². The maximum atomic E-state index is 6.03. The van der Waals surface area contributed by atoms with Crippen molar-refractivity contribution in [2.45, 2.75) is 25.8 Å². The Bertz CT molecular complexity index is 336. The van der Waals surface area contributed by atoms with Crippen LogP contribution in [0.4, 0.5) is 0 Å². The van der Waals surface area contributed by atoms with Crippen molar-refractivity contribution in [1.29, 1.82) is 0 Å². The van der Waals surface area contributed by atoms with E-state index in [1.165, 1.54) is 19.3 Å². The van der Waals surface area contributed by atoms with Crippen LogP contribution in [0, 0.1) is 5.92 Å². The standard InChI is InChI=1S/C12H16ClNO/c13-11-5-2-6-12(10(11)7-14)15-8-9-3-1-4-9/h2,5-6,9H,1,3-4,7-8,14H2. The minimum Gasteiger partial charge on any atom is -0.493 e. The van der Waals surface area contributed by atoms with Gasteiger partial charge in [0.05, 0.1) is 6.61 Å². The van der Waals surface area contributed by atoms with Gasteiger partial charge in [-0.3, -0.25) is 0 Å². The van der Waals surface area contributed by atoms with Crippen LogP contribution < -0.4 is 10.5 Å². The van der Waals surface area contributed by atoms with Gasteiger partial charge in [-0.25, -0.2) is 0 Å². The largest absolute Gasteiger partial charge is 0.493 e. The molecule has 3 heteroatoms. The first-order valence-corrected chi connectivity index (χ1v) is 5.79. The van der Waals surface area contributed by atoms with Gasteiger partial charge in [-0.05, 0) is 30.9 Å². The maximum absolute atomic E-state index is 6.03. The summed E-state index contributed by atoms with van der Waals surface area (Å²) in [7, 11) is 0. The first-order chi connectivity index (χ1) is 7.31. The molecule has 2 N–H and O–H groups in total. The second-order valence-corrected chi connectivity index (χ2v) is 4.44. The summed E-state index contributed by atoms with van der Waals surface area (Å²) in [6.07, 6.45) is 3.92. The van der Waals surface area contributed by atoms with Gasteiger partial charge in [0, 0.05) is 17.1 Å². The highest BCUT2D eigenvalue weighted by Gasteiger charge is 2.18. The van der Waals surface area contributed by atoms with E-state index in [0.29, 0.717) is 11.6 Å². The monoisotopic (exact) mass is 225 g/mol. The fourth-order valence-corrected chi connectivity index (χ4v) is 1.98. The number of ether oxygens (including phenoxy) is 1. The zero-order valence-corrected chi connectivity index (χ0v) is 9.46. The first-order valence-electron chi connectivity index (χ1n) is 5.41. The Hall–Kier alpha value is -0.730. The number of halogens is 1. The fourth-order valence-electron chi connectivity index (χ4n) is 1.74. The highest BCUT2D eigenvalue weighted by molar-refractivity contribution is 6.31. The Labute approximate surface area is 95.4 Å². The molecule has 1 aliphatic carbocycles. The molecule has 2 rings (SSSR count). The summed E-state index contributed by atoms with van der Waals surface area (Å²) in [5.74, 6) is 1.58. The third-order valence-electron chi connectivity index (χ3n) is 2.98. The molecule has 15 heavy (non-hydrogen) atoms. The number of hydrogen-bond acceptors (Lipinski definition) is 2. The summed E-state index contributed by atoms with van der Waals surface area (Å²) in [5, 5.41) is 0.698. The topological polar surface area (TPSA) is 35.2 Å². The number of hydrogen-bond donors (Lipinski definition) is 1. The molecule has 0 heterocycles. The lowest BCUT2D eigenvalue weighted by atomic mass is 9.86. The summed E-state index contributed by atoms with van der Waals surface area (Å²) in [6, 6.07) is 5.68. The molecule has 2 nitrogen and oxygen atoms in total. The normalized spacial score (nSPS) is 16.1. The lowest BCUT2D eigenvalue weighted by Gasteiger charge is -2.25. The molecule has 0 aliphatic heterocycles. The van der Waals surface area contributed by atoms with Crippen molar-refractivity contribution in [3.63, 3.8) is 0 Å². The molecule has 1 aromatic rings. The van der Waals surface area contributed by atoms with Gasteiger partial charge < -0.3 is 10.5 Å². The molecule has 0 aromatic heterocycles.